The SMILES string of the molecule is O=C(/N=C(/NC1CCC1)NC1CC(c2ccc(F)cc2)NN1)c1ccc(F)c(F)c1. The van der Waals surface area contributed by atoms with E-state index in [1.807, 2.05) is 0 Å². The molecule has 9 heteroatoms. The number of carbonyl (C=O) groups excluding carboxylic acids is 1. The largest absolute Gasteiger partial charge is 0.353 e. The van der Waals surface area contributed by atoms with E-state index in [0.717, 1.165) is 37.0 Å². The first-order chi connectivity index (χ1) is 14.5. The van der Waals surface area contributed by atoms with Gasteiger partial charge in [-0.2, -0.15) is 4.99 Å². The van der Waals surface area contributed by atoms with Crippen LogP contribution in [0, 0.1) is 17.5 Å². The van der Waals surface area contributed by atoms with Gasteiger partial charge in [-0.05, 0) is 55.2 Å². The molecule has 4 rings (SSSR count). The molecule has 30 heavy (non-hydrogen) atoms. The Morgan fingerprint density at radius 3 is 2.40 bits per heavy atom. The molecule has 1 saturated heterocycles. The van der Waals surface area contributed by atoms with Crippen LogP contribution in [0.1, 0.15) is 47.6 Å². The second-order valence-corrected chi connectivity index (χ2v) is 7.49. The van der Waals surface area contributed by atoms with Crippen molar-refractivity contribution < 1.29 is 18.0 Å². The fourth-order valence-corrected chi connectivity index (χ4v) is 3.38. The van der Waals surface area contributed by atoms with E-state index in [1.165, 1.54) is 18.2 Å². The van der Waals surface area contributed by atoms with Crippen LogP contribution in [-0.2, 0) is 0 Å². The molecule has 0 radical (unpaired) electrons. The van der Waals surface area contributed by atoms with E-state index in [9.17, 15) is 18.0 Å². The number of hydrogen-bond acceptors (Lipinski definition) is 3. The first-order valence-corrected chi connectivity index (χ1v) is 9.85. The monoisotopic (exact) mass is 417 g/mol. The van der Waals surface area contributed by atoms with Gasteiger partial charge in [0, 0.05) is 24.1 Å². The zero-order valence-electron chi connectivity index (χ0n) is 16.1. The molecule has 1 amide bonds. The molecule has 1 aliphatic heterocycles. The fourth-order valence-electron chi connectivity index (χ4n) is 3.38. The van der Waals surface area contributed by atoms with Crippen molar-refractivity contribution in [2.75, 3.05) is 0 Å². The minimum absolute atomic E-state index is 0.0368. The van der Waals surface area contributed by atoms with Gasteiger partial charge < -0.3 is 10.6 Å². The van der Waals surface area contributed by atoms with Crippen molar-refractivity contribution in [3.8, 4) is 0 Å². The van der Waals surface area contributed by atoms with E-state index < -0.39 is 17.5 Å². The molecular weight excluding hydrogens is 395 g/mol. The third kappa shape index (κ3) is 4.80. The lowest BCUT2D eigenvalue weighted by atomic mass is 9.93. The van der Waals surface area contributed by atoms with Gasteiger partial charge in [-0.3, -0.25) is 4.79 Å². The van der Waals surface area contributed by atoms with Crippen LogP contribution in [0.25, 0.3) is 0 Å². The lowest BCUT2D eigenvalue weighted by Gasteiger charge is -2.29. The Bertz CT molecular complexity index is 946. The predicted molar refractivity (Wildman–Crippen MR) is 106 cm³/mol. The molecule has 0 aromatic heterocycles. The van der Waals surface area contributed by atoms with Gasteiger partial charge in [0.05, 0.1) is 6.17 Å². The van der Waals surface area contributed by atoms with Crippen molar-refractivity contribution >= 4 is 11.9 Å². The Morgan fingerprint density at radius 2 is 1.73 bits per heavy atom. The highest BCUT2D eigenvalue weighted by Gasteiger charge is 2.27. The van der Waals surface area contributed by atoms with E-state index in [-0.39, 0.29) is 35.6 Å². The zero-order chi connectivity index (χ0) is 21.1. The smallest absolute Gasteiger partial charge is 0.280 e. The number of halogens is 3. The summed E-state index contributed by atoms with van der Waals surface area (Å²) in [6.45, 7) is 0. The molecule has 1 aliphatic carbocycles. The summed E-state index contributed by atoms with van der Waals surface area (Å²) in [6.07, 6.45) is 3.40. The van der Waals surface area contributed by atoms with Crippen molar-refractivity contribution in [1.82, 2.24) is 21.5 Å². The lowest BCUT2D eigenvalue weighted by Crippen LogP contribution is -2.53. The minimum Gasteiger partial charge on any atom is -0.353 e. The first-order valence-electron chi connectivity index (χ1n) is 9.85. The summed E-state index contributed by atoms with van der Waals surface area (Å²) >= 11 is 0. The molecule has 4 N–H and O–H groups in total. The Kier molecular flexibility index (Phi) is 6.01. The van der Waals surface area contributed by atoms with Crippen LogP contribution in [0.4, 0.5) is 13.2 Å². The maximum atomic E-state index is 13.5. The van der Waals surface area contributed by atoms with Crippen LogP contribution in [0.2, 0.25) is 0 Å². The first kappa shape index (κ1) is 20.4. The molecule has 2 atom stereocenters. The van der Waals surface area contributed by atoms with Crippen molar-refractivity contribution in [2.45, 2.75) is 43.9 Å². The second-order valence-electron chi connectivity index (χ2n) is 7.49. The van der Waals surface area contributed by atoms with Gasteiger partial charge in [0.1, 0.15) is 5.82 Å². The number of guanidine groups is 1. The van der Waals surface area contributed by atoms with E-state index in [4.69, 9.17) is 0 Å². The maximum Gasteiger partial charge on any atom is 0.280 e. The molecule has 2 aromatic carbocycles. The number of hydrogen-bond donors (Lipinski definition) is 4. The molecule has 2 fully saturated rings. The summed E-state index contributed by atoms with van der Waals surface area (Å²) in [4.78, 5) is 16.5. The van der Waals surface area contributed by atoms with Crippen molar-refractivity contribution in [1.29, 1.82) is 0 Å². The van der Waals surface area contributed by atoms with Gasteiger partial charge in [0.15, 0.2) is 11.6 Å². The minimum atomic E-state index is -1.10. The van der Waals surface area contributed by atoms with Gasteiger partial charge in [0.2, 0.25) is 5.96 Å². The zero-order valence-corrected chi connectivity index (χ0v) is 16.1. The summed E-state index contributed by atoms with van der Waals surface area (Å²) < 4.78 is 39.7. The molecule has 6 nitrogen and oxygen atoms in total. The molecule has 0 spiro atoms. The third-order valence-electron chi connectivity index (χ3n) is 5.31. The van der Waals surface area contributed by atoms with Crippen molar-refractivity contribution in [2.24, 2.45) is 4.99 Å². The Hall–Kier alpha value is -2.91. The summed E-state index contributed by atoms with van der Waals surface area (Å²) in [5, 5.41) is 6.36. The van der Waals surface area contributed by atoms with E-state index in [2.05, 4.69) is 26.5 Å². The quantitative estimate of drug-likeness (QED) is 0.455. The van der Waals surface area contributed by atoms with Gasteiger partial charge in [-0.15, -0.1) is 0 Å². The number of nitrogens with zero attached hydrogens (tertiary/aromatic N) is 1. The number of nitrogens with one attached hydrogen (secondary N) is 4. The number of hydrazine groups is 1. The topological polar surface area (TPSA) is 77.5 Å². The Morgan fingerprint density at radius 1 is 0.967 bits per heavy atom. The van der Waals surface area contributed by atoms with E-state index in [1.54, 1.807) is 12.1 Å². The molecule has 2 aromatic rings. The van der Waals surface area contributed by atoms with E-state index in [0.29, 0.717) is 6.42 Å². The van der Waals surface area contributed by atoms with Crippen LogP contribution in [0.3, 0.4) is 0 Å². The molecular formula is C21H22F3N5O. The highest BCUT2D eigenvalue weighted by atomic mass is 19.2. The normalized spacial score (nSPS) is 21.9. The lowest BCUT2D eigenvalue weighted by molar-refractivity contribution is 0.100. The number of rotatable bonds is 4. The summed E-state index contributed by atoms with van der Waals surface area (Å²) in [6, 6.07) is 9.34. The predicted octanol–water partition coefficient (Wildman–Crippen LogP) is 2.90. The second kappa shape index (κ2) is 8.85. The van der Waals surface area contributed by atoms with Gasteiger partial charge in [0.25, 0.3) is 5.91 Å². The number of benzene rings is 2. The molecule has 0 bridgehead atoms. The van der Waals surface area contributed by atoms with Gasteiger partial charge in [-0.25, -0.2) is 24.0 Å². The summed E-state index contributed by atoms with van der Waals surface area (Å²) in [5.74, 6) is -2.82. The van der Waals surface area contributed by atoms with Crippen LogP contribution >= 0.6 is 0 Å². The Balaban J connectivity index is 1.45. The number of carbonyl (C=O) groups is 1. The Labute approximate surface area is 171 Å². The summed E-state index contributed by atoms with van der Waals surface area (Å²) in [5.41, 5.74) is 7.12. The van der Waals surface area contributed by atoms with Crippen LogP contribution in [-0.4, -0.2) is 24.1 Å². The third-order valence-corrected chi connectivity index (χ3v) is 5.31. The van der Waals surface area contributed by atoms with Crippen molar-refractivity contribution in [3.05, 3.63) is 71.0 Å². The average molecular weight is 417 g/mol. The van der Waals surface area contributed by atoms with E-state index >= 15 is 0 Å². The molecule has 1 saturated carbocycles. The molecule has 1 heterocycles. The highest BCUT2D eigenvalue weighted by molar-refractivity contribution is 6.02. The molecule has 158 valence electrons. The molecule has 2 unspecified atom stereocenters. The summed E-state index contributed by atoms with van der Waals surface area (Å²) in [7, 11) is 0. The van der Waals surface area contributed by atoms with Crippen LogP contribution < -0.4 is 21.5 Å². The van der Waals surface area contributed by atoms with Gasteiger partial charge in [-0.1, -0.05) is 12.1 Å². The standard InChI is InChI=1S/C21H22F3N5O/c22-14-7-4-12(5-8-14)18-11-19(29-28-18)26-21(25-15-2-1-3-15)27-20(30)13-6-9-16(23)17(24)10-13/h4-10,15,18-19,28-29H,1-3,11H2,(H2,25,26,27,30). The number of amides is 1. The number of aliphatic imine (C=N–C) groups is 1. The van der Waals surface area contributed by atoms with Crippen molar-refractivity contribution in [3.63, 3.8) is 0 Å². The maximum absolute atomic E-state index is 13.5. The average Bonchev–Trinajstić information content (AvgIpc) is 3.15. The highest BCUT2D eigenvalue weighted by Crippen LogP contribution is 2.22. The molecule has 2 aliphatic rings. The van der Waals surface area contributed by atoms with Gasteiger partial charge >= 0.3 is 0 Å². The fraction of sp³-hybridized carbons (Fsp3) is 0.333. The van der Waals surface area contributed by atoms with Crippen LogP contribution in [0.15, 0.2) is 47.5 Å². The van der Waals surface area contributed by atoms with Crippen LogP contribution in [0.5, 0.6) is 0 Å².